The fraction of sp³-hybridized carbons (Fsp3) is 0.500. The van der Waals surface area contributed by atoms with Crippen molar-refractivity contribution in [3.8, 4) is 0 Å². The fourth-order valence-corrected chi connectivity index (χ4v) is 5.17. The van der Waals surface area contributed by atoms with Crippen LogP contribution in [0.4, 0.5) is 32.0 Å². The molecule has 2 heterocycles. The zero-order valence-corrected chi connectivity index (χ0v) is 19.7. The molecule has 36 heavy (non-hydrogen) atoms. The zero-order chi connectivity index (χ0) is 26.2. The molecule has 5 nitrogen and oxygen atoms in total. The highest BCUT2D eigenvalue weighted by Gasteiger charge is 2.42. The van der Waals surface area contributed by atoms with Crippen LogP contribution >= 0.6 is 0 Å². The van der Waals surface area contributed by atoms with Gasteiger partial charge >= 0.3 is 13.3 Å². The van der Waals surface area contributed by atoms with Gasteiger partial charge in [-0.15, -0.1) is 0 Å². The van der Waals surface area contributed by atoms with Gasteiger partial charge in [-0.3, -0.25) is 14.2 Å². The number of nitrogens with one attached hydrogen (secondary N) is 1. The van der Waals surface area contributed by atoms with E-state index in [1.165, 1.54) is 18.2 Å². The van der Waals surface area contributed by atoms with Crippen molar-refractivity contribution in [1.29, 1.82) is 0 Å². The van der Waals surface area contributed by atoms with Crippen LogP contribution in [-0.2, 0) is 6.42 Å². The van der Waals surface area contributed by atoms with Crippen LogP contribution in [0.1, 0.15) is 36.1 Å². The van der Waals surface area contributed by atoms with Gasteiger partial charge < -0.3 is 15.4 Å². The van der Waals surface area contributed by atoms with E-state index in [1.807, 2.05) is 4.90 Å². The summed E-state index contributed by atoms with van der Waals surface area (Å²) in [6.45, 7) is 1.55. The standard InChI is InChI=1S/C24H28BF6N3O2/c1-14-7-15-8-16(25(35)36)3-4-19(15)23(34(14)13-24(29,30)31)22-20(27)9-17(10-21(22)28)32-18-11-33(12-18)6-2-5-26/h3-4,8-10,14,18,23,32,35-36H,2,5-7,11-13H2,1H3/t14-,23?/m1/s1. The Bertz CT molecular complexity index is 1060. The molecule has 2 aliphatic heterocycles. The van der Waals surface area contributed by atoms with Crippen LogP contribution in [-0.4, -0.2) is 78.1 Å². The summed E-state index contributed by atoms with van der Waals surface area (Å²) in [4.78, 5) is 3.03. The van der Waals surface area contributed by atoms with Crippen LogP contribution in [0, 0.1) is 11.6 Å². The second kappa shape index (κ2) is 10.6. The number of hydrogen-bond donors (Lipinski definition) is 3. The molecule has 1 unspecified atom stereocenters. The lowest BCUT2D eigenvalue weighted by Gasteiger charge is -2.43. The average molecular weight is 515 g/mol. The molecule has 0 aromatic heterocycles. The Balaban J connectivity index is 1.66. The van der Waals surface area contributed by atoms with E-state index in [0.29, 0.717) is 31.6 Å². The Hall–Kier alpha value is -2.28. The van der Waals surface area contributed by atoms with Crippen LogP contribution in [0.3, 0.4) is 0 Å². The van der Waals surface area contributed by atoms with Gasteiger partial charge in [-0.2, -0.15) is 13.2 Å². The van der Waals surface area contributed by atoms with E-state index in [1.54, 1.807) is 6.92 Å². The number of nitrogens with zero attached hydrogens (tertiary/aromatic N) is 2. The summed E-state index contributed by atoms with van der Waals surface area (Å²) < 4.78 is 83.6. The maximum absolute atomic E-state index is 15.4. The topological polar surface area (TPSA) is 59.0 Å². The molecule has 1 saturated heterocycles. The summed E-state index contributed by atoms with van der Waals surface area (Å²) in [6, 6.07) is 4.19. The van der Waals surface area contributed by atoms with Gasteiger partial charge in [-0.25, -0.2) is 8.78 Å². The summed E-state index contributed by atoms with van der Waals surface area (Å²) in [5.74, 6) is -1.95. The van der Waals surface area contributed by atoms with Crippen molar-refractivity contribution in [1.82, 2.24) is 9.80 Å². The third-order valence-corrected chi connectivity index (χ3v) is 6.82. The van der Waals surface area contributed by atoms with Gasteiger partial charge in [0.15, 0.2) is 0 Å². The predicted molar refractivity (Wildman–Crippen MR) is 125 cm³/mol. The van der Waals surface area contributed by atoms with E-state index in [0.717, 1.165) is 17.0 Å². The van der Waals surface area contributed by atoms with Crippen LogP contribution in [0.15, 0.2) is 30.3 Å². The third kappa shape index (κ3) is 5.82. The van der Waals surface area contributed by atoms with Crippen molar-refractivity contribution in [3.05, 3.63) is 58.7 Å². The maximum atomic E-state index is 15.4. The smallest absolute Gasteiger partial charge is 0.423 e. The van der Waals surface area contributed by atoms with E-state index < -0.39 is 55.8 Å². The van der Waals surface area contributed by atoms with E-state index in [9.17, 15) is 27.6 Å². The third-order valence-electron chi connectivity index (χ3n) is 6.82. The van der Waals surface area contributed by atoms with Gasteiger partial charge in [0.2, 0.25) is 0 Å². The molecule has 2 aliphatic rings. The quantitative estimate of drug-likeness (QED) is 0.373. The molecule has 4 rings (SSSR count). The Morgan fingerprint density at radius 1 is 1.08 bits per heavy atom. The van der Waals surface area contributed by atoms with Gasteiger partial charge in [0.1, 0.15) is 11.6 Å². The van der Waals surface area contributed by atoms with Crippen LogP contribution in [0.5, 0.6) is 0 Å². The number of rotatable bonds is 8. The molecule has 12 heteroatoms. The minimum atomic E-state index is -4.60. The summed E-state index contributed by atoms with van der Waals surface area (Å²) in [7, 11) is -1.78. The van der Waals surface area contributed by atoms with E-state index >= 15 is 8.78 Å². The molecule has 196 valence electrons. The Kier molecular flexibility index (Phi) is 7.89. The van der Waals surface area contributed by atoms with Gasteiger partial charge in [-0.1, -0.05) is 18.2 Å². The average Bonchev–Trinajstić information content (AvgIpc) is 2.75. The molecule has 2 atom stereocenters. The first-order valence-corrected chi connectivity index (χ1v) is 11.8. The predicted octanol–water partition coefficient (Wildman–Crippen LogP) is 3.00. The molecule has 0 spiro atoms. The number of likely N-dealkylation sites (tertiary alicyclic amines) is 1. The summed E-state index contributed by atoms with van der Waals surface area (Å²) in [5.41, 5.74) is 0.607. The van der Waals surface area contributed by atoms with Crippen molar-refractivity contribution >= 4 is 18.3 Å². The fourth-order valence-electron chi connectivity index (χ4n) is 5.17. The van der Waals surface area contributed by atoms with Crippen LogP contribution in [0.2, 0.25) is 0 Å². The van der Waals surface area contributed by atoms with Gasteiger partial charge in [0.05, 0.1) is 25.3 Å². The maximum Gasteiger partial charge on any atom is 0.488 e. The van der Waals surface area contributed by atoms with Crippen molar-refractivity contribution < 1.29 is 36.4 Å². The molecule has 0 aliphatic carbocycles. The number of halogens is 6. The minimum absolute atomic E-state index is 0.0743. The summed E-state index contributed by atoms with van der Waals surface area (Å²) >= 11 is 0. The number of alkyl halides is 4. The second-order valence-corrected chi connectivity index (χ2v) is 9.57. The monoisotopic (exact) mass is 515 g/mol. The van der Waals surface area contributed by atoms with E-state index in [-0.39, 0.29) is 29.2 Å². The van der Waals surface area contributed by atoms with E-state index in [2.05, 4.69) is 5.32 Å². The minimum Gasteiger partial charge on any atom is -0.423 e. The molecular weight excluding hydrogens is 487 g/mol. The van der Waals surface area contributed by atoms with Gasteiger partial charge in [-0.05, 0) is 48.5 Å². The molecule has 3 N–H and O–H groups in total. The van der Waals surface area contributed by atoms with Crippen molar-refractivity contribution in [2.24, 2.45) is 0 Å². The van der Waals surface area contributed by atoms with Crippen LogP contribution < -0.4 is 10.8 Å². The molecule has 0 saturated carbocycles. The van der Waals surface area contributed by atoms with Crippen LogP contribution in [0.25, 0.3) is 0 Å². The number of anilines is 1. The highest BCUT2D eigenvalue weighted by molar-refractivity contribution is 6.58. The normalized spacial score (nSPS) is 21.2. The number of benzene rings is 2. The zero-order valence-electron chi connectivity index (χ0n) is 19.7. The lowest BCUT2D eigenvalue weighted by molar-refractivity contribution is -0.155. The lowest BCUT2D eigenvalue weighted by Crippen LogP contribution is -2.54. The first kappa shape index (κ1) is 26.8. The summed E-state index contributed by atoms with van der Waals surface area (Å²) in [6.07, 6.45) is -4.04. The number of fused-ring (bicyclic) bond motifs is 1. The Labute approximate surface area is 205 Å². The lowest BCUT2D eigenvalue weighted by atomic mass is 9.75. The van der Waals surface area contributed by atoms with Crippen molar-refractivity contribution in [2.45, 2.75) is 44.1 Å². The first-order chi connectivity index (χ1) is 17.0. The molecule has 2 aromatic rings. The highest BCUT2D eigenvalue weighted by Crippen LogP contribution is 2.42. The summed E-state index contributed by atoms with van der Waals surface area (Å²) in [5, 5.41) is 22.0. The Morgan fingerprint density at radius 2 is 1.75 bits per heavy atom. The SMILES string of the molecule is C[C@@H]1Cc2cc(B(O)O)ccc2C(c2c(F)cc(NC3CN(CCCF)C3)cc2F)N1CC(F)(F)F. The van der Waals surface area contributed by atoms with Crippen molar-refractivity contribution in [3.63, 3.8) is 0 Å². The molecular formula is C24H28BF6N3O2. The number of hydrogen-bond acceptors (Lipinski definition) is 5. The molecule has 0 radical (unpaired) electrons. The second-order valence-electron chi connectivity index (χ2n) is 9.57. The van der Waals surface area contributed by atoms with Gasteiger partial charge in [0.25, 0.3) is 0 Å². The Morgan fingerprint density at radius 3 is 2.33 bits per heavy atom. The first-order valence-electron chi connectivity index (χ1n) is 11.8. The largest absolute Gasteiger partial charge is 0.488 e. The van der Waals surface area contributed by atoms with Crippen molar-refractivity contribution in [2.75, 3.05) is 38.2 Å². The highest BCUT2D eigenvalue weighted by atomic mass is 19.4. The van der Waals surface area contributed by atoms with Gasteiger partial charge in [0, 0.05) is 36.9 Å². The molecule has 1 fully saturated rings. The van der Waals surface area contributed by atoms with E-state index in [4.69, 9.17) is 0 Å². The molecule has 0 bridgehead atoms. The molecule has 2 aromatic carbocycles. The molecule has 0 amide bonds.